The highest BCUT2D eigenvalue weighted by Crippen LogP contribution is 2.26. The van der Waals surface area contributed by atoms with Crippen LogP contribution in [0.1, 0.15) is 33.6 Å². The molecule has 2 aromatic heterocycles. The lowest BCUT2D eigenvalue weighted by Crippen LogP contribution is -2.38. The molecule has 4 rings (SSSR count). The highest BCUT2D eigenvalue weighted by atomic mass is 16.5. The molecule has 1 aliphatic rings. The fourth-order valence-corrected chi connectivity index (χ4v) is 3.84. The van der Waals surface area contributed by atoms with Gasteiger partial charge >= 0.3 is 11.9 Å². The van der Waals surface area contributed by atoms with Gasteiger partial charge < -0.3 is 24.1 Å². The van der Waals surface area contributed by atoms with E-state index >= 15 is 0 Å². The molecule has 0 bridgehead atoms. The summed E-state index contributed by atoms with van der Waals surface area (Å²) in [5, 5.41) is 11.3. The van der Waals surface area contributed by atoms with E-state index in [0.29, 0.717) is 37.4 Å². The number of carbonyl (C=O) groups excluding carboxylic acids is 3. The van der Waals surface area contributed by atoms with Crippen molar-refractivity contribution < 1.29 is 28.3 Å². The van der Waals surface area contributed by atoms with Crippen LogP contribution in [0, 0.1) is 5.92 Å². The van der Waals surface area contributed by atoms with E-state index in [-0.39, 0.29) is 28.6 Å². The molecule has 0 spiro atoms. The smallest absolute Gasteiger partial charge is 0.339 e. The Balaban J connectivity index is 1.41. The Kier molecular flexibility index (Phi) is 6.86. The molecule has 10 nitrogen and oxygen atoms in total. The number of anilines is 2. The number of nitrogens with one attached hydrogen (secondary N) is 1. The molecule has 10 heteroatoms. The van der Waals surface area contributed by atoms with Crippen molar-refractivity contribution in [2.45, 2.75) is 12.8 Å². The number of hydrogen-bond acceptors (Lipinski definition) is 9. The van der Waals surface area contributed by atoms with Crippen molar-refractivity contribution in [2.24, 2.45) is 5.92 Å². The van der Waals surface area contributed by atoms with E-state index in [0.717, 1.165) is 5.82 Å². The maximum absolute atomic E-state index is 13.0. The van der Waals surface area contributed by atoms with Crippen LogP contribution in [0.2, 0.25) is 0 Å². The SMILES string of the molecule is COC(=O)c1ccc(C(=O)OC)c(NC(=O)C2CCN(c3ccc(-c4ccco4)nn3)CC2)c1. The van der Waals surface area contributed by atoms with Gasteiger partial charge in [0.15, 0.2) is 11.6 Å². The van der Waals surface area contributed by atoms with Gasteiger partial charge in [0.25, 0.3) is 0 Å². The first kappa shape index (κ1) is 23.0. The number of aromatic nitrogens is 2. The van der Waals surface area contributed by atoms with Crippen LogP contribution in [-0.2, 0) is 14.3 Å². The minimum atomic E-state index is -0.613. The van der Waals surface area contributed by atoms with Crippen molar-refractivity contribution in [3.8, 4) is 11.5 Å². The number of carbonyl (C=O) groups is 3. The lowest BCUT2D eigenvalue weighted by molar-refractivity contribution is -0.120. The Morgan fingerprint density at radius 3 is 2.38 bits per heavy atom. The number of piperidine rings is 1. The summed E-state index contributed by atoms with van der Waals surface area (Å²) in [6.45, 7) is 1.25. The number of methoxy groups -OCH3 is 2. The molecule has 1 aliphatic heterocycles. The molecule has 1 saturated heterocycles. The second-order valence-electron chi connectivity index (χ2n) is 7.75. The highest BCUT2D eigenvalue weighted by Gasteiger charge is 2.27. The summed E-state index contributed by atoms with van der Waals surface area (Å²) < 4.78 is 14.9. The number of esters is 2. The molecule has 0 saturated carbocycles. The Morgan fingerprint density at radius 1 is 1.00 bits per heavy atom. The molecular formula is C24H24N4O6. The van der Waals surface area contributed by atoms with E-state index in [1.807, 2.05) is 18.2 Å². The van der Waals surface area contributed by atoms with Gasteiger partial charge in [0, 0.05) is 19.0 Å². The summed E-state index contributed by atoms with van der Waals surface area (Å²) in [5.41, 5.74) is 1.24. The third-order valence-electron chi connectivity index (χ3n) is 5.72. The normalized spacial score (nSPS) is 13.9. The van der Waals surface area contributed by atoms with Gasteiger partial charge in [-0.1, -0.05) is 0 Å². The number of benzene rings is 1. The lowest BCUT2D eigenvalue weighted by atomic mass is 9.95. The zero-order chi connectivity index (χ0) is 24.1. The largest absolute Gasteiger partial charge is 0.465 e. The van der Waals surface area contributed by atoms with Crippen molar-refractivity contribution in [1.29, 1.82) is 0 Å². The monoisotopic (exact) mass is 464 g/mol. The van der Waals surface area contributed by atoms with E-state index in [2.05, 4.69) is 20.4 Å². The first-order valence-corrected chi connectivity index (χ1v) is 10.7. The van der Waals surface area contributed by atoms with Crippen molar-refractivity contribution >= 4 is 29.4 Å². The van der Waals surface area contributed by atoms with Gasteiger partial charge in [0.05, 0.1) is 37.3 Å². The van der Waals surface area contributed by atoms with E-state index in [9.17, 15) is 14.4 Å². The Labute approximate surface area is 195 Å². The Morgan fingerprint density at radius 2 is 1.76 bits per heavy atom. The topological polar surface area (TPSA) is 124 Å². The molecule has 176 valence electrons. The van der Waals surface area contributed by atoms with Crippen LogP contribution in [0.3, 0.4) is 0 Å². The second kappa shape index (κ2) is 10.2. The van der Waals surface area contributed by atoms with E-state index in [4.69, 9.17) is 13.9 Å². The number of amides is 1. The minimum Gasteiger partial charge on any atom is -0.465 e. The fraction of sp³-hybridized carbons (Fsp3) is 0.292. The number of rotatable bonds is 6. The zero-order valence-electron chi connectivity index (χ0n) is 18.8. The first-order chi connectivity index (χ1) is 16.5. The van der Waals surface area contributed by atoms with Gasteiger partial charge in [-0.2, -0.15) is 0 Å². The van der Waals surface area contributed by atoms with Crippen LogP contribution >= 0.6 is 0 Å². The number of hydrogen-bond donors (Lipinski definition) is 1. The molecule has 1 fully saturated rings. The standard InChI is InChI=1S/C24H24N4O6/c1-32-23(30)16-5-6-17(24(31)33-2)19(14-16)25-22(29)15-9-11-28(12-10-15)21-8-7-18(26-27-21)20-4-3-13-34-20/h3-8,13-15H,9-12H2,1-2H3,(H,25,29). The molecular weight excluding hydrogens is 440 g/mol. The zero-order valence-corrected chi connectivity index (χ0v) is 18.8. The van der Waals surface area contributed by atoms with Crippen molar-refractivity contribution in [1.82, 2.24) is 10.2 Å². The Hall–Kier alpha value is -4.21. The third kappa shape index (κ3) is 4.90. The predicted octanol–water partition coefficient (Wildman–Crippen LogP) is 3.16. The number of nitrogens with zero attached hydrogens (tertiary/aromatic N) is 3. The molecule has 1 N–H and O–H groups in total. The molecule has 3 heterocycles. The second-order valence-corrected chi connectivity index (χ2v) is 7.75. The summed E-state index contributed by atoms with van der Waals surface area (Å²) in [5.74, 6) is -0.299. The summed E-state index contributed by atoms with van der Waals surface area (Å²) in [4.78, 5) is 39.1. The first-order valence-electron chi connectivity index (χ1n) is 10.7. The van der Waals surface area contributed by atoms with Gasteiger partial charge in [0.1, 0.15) is 5.69 Å². The predicted molar refractivity (Wildman–Crippen MR) is 122 cm³/mol. The lowest BCUT2D eigenvalue weighted by Gasteiger charge is -2.32. The molecule has 1 amide bonds. The Bertz CT molecular complexity index is 1170. The summed E-state index contributed by atoms with van der Waals surface area (Å²) in [6.07, 6.45) is 2.77. The molecule has 3 aromatic rings. The van der Waals surface area contributed by atoms with Crippen LogP contribution in [-0.4, -0.2) is 55.4 Å². The van der Waals surface area contributed by atoms with Crippen LogP contribution < -0.4 is 10.2 Å². The van der Waals surface area contributed by atoms with Crippen LogP contribution in [0.15, 0.2) is 53.1 Å². The maximum Gasteiger partial charge on any atom is 0.339 e. The van der Waals surface area contributed by atoms with E-state index < -0.39 is 11.9 Å². The maximum atomic E-state index is 13.0. The average Bonchev–Trinajstić information content (AvgIpc) is 3.43. The summed E-state index contributed by atoms with van der Waals surface area (Å²) >= 11 is 0. The highest BCUT2D eigenvalue weighted by molar-refractivity contribution is 6.04. The van der Waals surface area contributed by atoms with Crippen molar-refractivity contribution in [3.63, 3.8) is 0 Å². The molecule has 34 heavy (non-hydrogen) atoms. The summed E-state index contributed by atoms with van der Waals surface area (Å²) in [6, 6.07) is 11.6. The molecule has 0 atom stereocenters. The van der Waals surface area contributed by atoms with E-state index in [1.54, 1.807) is 12.3 Å². The molecule has 0 radical (unpaired) electrons. The van der Waals surface area contributed by atoms with Crippen molar-refractivity contribution in [2.75, 3.05) is 37.5 Å². The van der Waals surface area contributed by atoms with Crippen LogP contribution in [0.5, 0.6) is 0 Å². The number of furan rings is 1. The van der Waals surface area contributed by atoms with Gasteiger partial charge in [-0.05, 0) is 55.3 Å². The van der Waals surface area contributed by atoms with Crippen LogP contribution in [0.25, 0.3) is 11.5 Å². The van der Waals surface area contributed by atoms with Gasteiger partial charge in [-0.3, -0.25) is 4.79 Å². The minimum absolute atomic E-state index is 0.160. The average molecular weight is 464 g/mol. The van der Waals surface area contributed by atoms with Crippen LogP contribution in [0.4, 0.5) is 11.5 Å². The molecule has 0 unspecified atom stereocenters. The number of ether oxygens (including phenoxy) is 2. The molecule has 0 aliphatic carbocycles. The van der Waals surface area contributed by atoms with Gasteiger partial charge in [-0.15, -0.1) is 10.2 Å². The van der Waals surface area contributed by atoms with Crippen molar-refractivity contribution in [3.05, 3.63) is 59.9 Å². The quantitative estimate of drug-likeness (QED) is 0.548. The van der Waals surface area contributed by atoms with Gasteiger partial charge in [0.2, 0.25) is 5.91 Å². The van der Waals surface area contributed by atoms with Gasteiger partial charge in [-0.25, -0.2) is 9.59 Å². The molecule has 1 aromatic carbocycles. The third-order valence-corrected chi connectivity index (χ3v) is 5.72. The summed E-state index contributed by atoms with van der Waals surface area (Å²) in [7, 11) is 2.51. The fourth-order valence-electron chi connectivity index (χ4n) is 3.84. The van der Waals surface area contributed by atoms with E-state index in [1.165, 1.54) is 32.4 Å².